The maximum Gasteiger partial charge on any atom is 0.165 e. The van der Waals surface area contributed by atoms with Gasteiger partial charge < -0.3 is 24.4 Å². The van der Waals surface area contributed by atoms with Gasteiger partial charge in [0.15, 0.2) is 11.5 Å². The summed E-state index contributed by atoms with van der Waals surface area (Å²) in [6, 6.07) is 6.09. The third-order valence-electron chi connectivity index (χ3n) is 3.88. The van der Waals surface area contributed by atoms with Gasteiger partial charge in [-0.2, -0.15) is 0 Å². The Hall–Kier alpha value is -1.30. The monoisotopic (exact) mass is 292 g/mol. The van der Waals surface area contributed by atoms with E-state index in [9.17, 15) is 0 Å². The molecule has 3 rings (SSSR count). The van der Waals surface area contributed by atoms with Crippen LogP contribution in [0.25, 0.3) is 0 Å². The Morgan fingerprint density at radius 1 is 1.24 bits per heavy atom. The number of rotatable bonds is 4. The maximum atomic E-state index is 5.83. The summed E-state index contributed by atoms with van der Waals surface area (Å²) in [5.74, 6) is 1.75. The van der Waals surface area contributed by atoms with Crippen LogP contribution in [-0.2, 0) is 11.3 Å². The zero-order valence-corrected chi connectivity index (χ0v) is 12.6. The zero-order valence-electron chi connectivity index (χ0n) is 12.6. The maximum absolute atomic E-state index is 5.83. The molecule has 1 N–H and O–H groups in total. The highest BCUT2D eigenvalue weighted by Gasteiger charge is 2.18. The van der Waals surface area contributed by atoms with Gasteiger partial charge in [-0.15, -0.1) is 0 Å². The summed E-state index contributed by atoms with van der Waals surface area (Å²) in [4.78, 5) is 2.31. The van der Waals surface area contributed by atoms with Crippen LogP contribution in [0.1, 0.15) is 12.0 Å². The van der Waals surface area contributed by atoms with Crippen LogP contribution in [0.3, 0.4) is 0 Å². The summed E-state index contributed by atoms with van der Waals surface area (Å²) in [7, 11) is 2.14. The molecule has 2 aliphatic heterocycles. The highest BCUT2D eigenvalue weighted by Crippen LogP contribution is 2.33. The van der Waals surface area contributed by atoms with Gasteiger partial charge in [-0.3, -0.25) is 0 Å². The number of hydrogen-bond acceptors (Lipinski definition) is 5. The van der Waals surface area contributed by atoms with E-state index < -0.39 is 0 Å². The van der Waals surface area contributed by atoms with Gasteiger partial charge in [0.2, 0.25) is 0 Å². The first-order chi connectivity index (χ1) is 10.3. The number of morpholine rings is 1. The van der Waals surface area contributed by atoms with Crippen LogP contribution in [0.2, 0.25) is 0 Å². The van der Waals surface area contributed by atoms with Crippen molar-refractivity contribution in [2.75, 3.05) is 46.5 Å². The minimum atomic E-state index is 0.267. The van der Waals surface area contributed by atoms with E-state index in [1.165, 1.54) is 0 Å². The number of likely N-dealkylation sites (N-methyl/N-ethyl adjacent to an activating group) is 1. The molecule has 0 spiro atoms. The summed E-state index contributed by atoms with van der Waals surface area (Å²) in [5.41, 5.74) is 1.15. The lowest BCUT2D eigenvalue weighted by Gasteiger charge is -2.30. The van der Waals surface area contributed by atoms with E-state index in [1.807, 2.05) is 12.1 Å². The molecular weight excluding hydrogens is 268 g/mol. The number of hydrogen-bond donors (Lipinski definition) is 1. The first-order valence-electron chi connectivity index (χ1n) is 7.71. The van der Waals surface area contributed by atoms with Crippen molar-refractivity contribution < 1.29 is 14.2 Å². The lowest BCUT2D eigenvalue weighted by Crippen LogP contribution is -2.44. The van der Waals surface area contributed by atoms with Gasteiger partial charge in [0, 0.05) is 38.2 Å². The average Bonchev–Trinajstić information content (AvgIpc) is 2.73. The Kier molecular flexibility index (Phi) is 4.95. The Bertz CT molecular complexity index is 467. The SMILES string of the molecule is CN1CCO[C@H](CNCc2cccc3c2OCCCO3)C1. The lowest BCUT2D eigenvalue weighted by atomic mass is 10.1. The summed E-state index contributed by atoms with van der Waals surface area (Å²) < 4.78 is 17.3. The van der Waals surface area contributed by atoms with Gasteiger partial charge in [-0.05, 0) is 13.1 Å². The van der Waals surface area contributed by atoms with E-state index in [2.05, 4.69) is 23.3 Å². The Balaban J connectivity index is 1.55. The van der Waals surface area contributed by atoms with E-state index in [4.69, 9.17) is 14.2 Å². The largest absolute Gasteiger partial charge is 0.490 e. The van der Waals surface area contributed by atoms with Gasteiger partial charge in [0.05, 0.1) is 25.9 Å². The van der Waals surface area contributed by atoms with Crippen molar-refractivity contribution in [3.05, 3.63) is 23.8 Å². The van der Waals surface area contributed by atoms with Crippen molar-refractivity contribution in [2.24, 2.45) is 0 Å². The average molecular weight is 292 g/mol. The van der Waals surface area contributed by atoms with Crippen molar-refractivity contribution in [3.63, 3.8) is 0 Å². The molecule has 2 heterocycles. The highest BCUT2D eigenvalue weighted by atomic mass is 16.5. The molecule has 0 radical (unpaired) electrons. The first kappa shape index (κ1) is 14.6. The number of nitrogens with one attached hydrogen (secondary N) is 1. The van der Waals surface area contributed by atoms with Gasteiger partial charge in [0.25, 0.3) is 0 Å². The highest BCUT2D eigenvalue weighted by molar-refractivity contribution is 5.47. The van der Waals surface area contributed by atoms with Crippen molar-refractivity contribution in [2.45, 2.75) is 19.1 Å². The molecule has 5 heteroatoms. The predicted molar refractivity (Wildman–Crippen MR) is 81.0 cm³/mol. The molecule has 0 saturated carbocycles. The molecule has 2 aliphatic rings. The van der Waals surface area contributed by atoms with Gasteiger partial charge in [-0.25, -0.2) is 0 Å². The number of fused-ring (bicyclic) bond motifs is 1. The normalized spacial score (nSPS) is 22.8. The molecule has 0 bridgehead atoms. The molecular formula is C16H24N2O3. The van der Waals surface area contributed by atoms with Crippen molar-refractivity contribution in [3.8, 4) is 11.5 Å². The molecule has 1 aromatic rings. The molecule has 1 saturated heterocycles. The van der Waals surface area contributed by atoms with Crippen molar-refractivity contribution in [1.29, 1.82) is 0 Å². The molecule has 0 aromatic heterocycles. The van der Waals surface area contributed by atoms with Gasteiger partial charge in [-0.1, -0.05) is 12.1 Å². The van der Waals surface area contributed by atoms with Crippen LogP contribution in [0.15, 0.2) is 18.2 Å². The summed E-state index contributed by atoms with van der Waals surface area (Å²) in [6.07, 6.45) is 1.20. The second-order valence-corrected chi connectivity index (χ2v) is 5.68. The van der Waals surface area contributed by atoms with Crippen LogP contribution in [0.5, 0.6) is 11.5 Å². The van der Waals surface area contributed by atoms with Gasteiger partial charge >= 0.3 is 0 Å². The van der Waals surface area contributed by atoms with Crippen molar-refractivity contribution in [1.82, 2.24) is 10.2 Å². The second-order valence-electron chi connectivity index (χ2n) is 5.68. The topological polar surface area (TPSA) is 43.0 Å². The van der Waals surface area contributed by atoms with Crippen LogP contribution in [-0.4, -0.2) is 57.5 Å². The minimum absolute atomic E-state index is 0.267. The number of para-hydroxylation sites is 1. The quantitative estimate of drug-likeness (QED) is 0.905. The molecule has 21 heavy (non-hydrogen) atoms. The molecule has 1 atom stereocenters. The molecule has 116 valence electrons. The van der Waals surface area contributed by atoms with Crippen LogP contribution < -0.4 is 14.8 Å². The molecule has 5 nitrogen and oxygen atoms in total. The molecule has 0 amide bonds. The second kappa shape index (κ2) is 7.11. The third-order valence-corrected chi connectivity index (χ3v) is 3.88. The molecule has 0 aliphatic carbocycles. The van der Waals surface area contributed by atoms with Crippen LogP contribution in [0.4, 0.5) is 0 Å². The minimum Gasteiger partial charge on any atom is -0.490 e. The third kappa shape index (κ3) is 3.87. The molecule has 1 aromatic carbocycles. The van der Waals surface area contributed by atoms with E-state index in [1.54, 1.807) is 0 Å². The molecule has 0 unspecified atom stereocenters. The van der Waals surface area contributed by atoms with E-state index >= 15 is 0 Å². The standard InChI is InChI=1S/C16H24N2O3/c1-18-6-9-19-14(12-18)11-17-10-13-4-2-5-15-16(13)21-8-3-7-20-15/h2,4-5,14,17H,3,6-12H2,1H3/t14-/m1/s1. The Labute approximate surface area is 126 Å². The fourth-order valence-corrected chi connectivity index (χ4v) is 2.75. The molecule has 1 fully saturated rings. The van der Waals surface area contributed by atoms with E-state index in [-0.39, 0.29) is 6.10 Å². The Morgan fingerprint density at radius 3 is 3.05 bits per heavy atom. The van der Waals surface area contributed by atoms with Crippen molar-refractivity contribution >= 4 is 0 Å². The van der Waals surface area contributed by atoms with E-state index in [0.717, 1.165) is 69.5 Å². The number of ether oxygens (including phenoxy) is 3. The zero-order chi connectivity index (χ0) is 14.5. The summed E-state index contributed by atoms with van der Waals surface area (Å²) in [6.45, 7) is 5.91. The number of nitrogens with zero attached hydrogens (tertiary/aromatic N) is 1. The number of benzene rings is 1. The predicted octanol–water partition coefficient (Wildman–Crippen LogP) is 1.27. The van der Waals surface area contributed by atoms with Crippen LogP contribution in [0, 0.1) is 0 Å². The Morgan fingerprint density at radius 2 is 2.14 bits per heavy atom. The summed E-state index contributed by atoms with van der Waals surface area (Å²) in [5, 5.41) is 3.48. The van der Waals surface area contributed by atoms with Gasteiger partial charge in [0.1, 0.15) is 0 Å². The lowest BCUT2D eigenvalue weighted by molar-refractivity contribution is -0.0182. The fraction of sp³-hybridized carbons (Fsp3) is 0.625. The smallest absolute Gasteiger partial charge is 0.165 e. The van der Waals surface area contributed by atoms with Crippen LogP contribution >= 0.6 is 0 Å². The van der Waals surface area contributed by atoms with E-state index in [0.29, 0.717) is 0 Å². The fourth-order valence-electron chi connectivity index (χ4n) is 2.75. The first-order valence-corrected chi connectivity index (χ1v) is 7.71. The summed E-state index contributed by atoms with van der Waals surface area (Å²) >= 11 is 0.